The minimum absolute atomic E-state index is 0.0930. The predicted octanol–water partition coefficient (Wildman–Crippen LogP) is 4.59. The lowest BCUT2D eigenvalue weighted by molar-refractivity contribution is 0.0600. The molecule has 0 atom stereocenters. The lowest BCUT2D eigenvalue weighted by atomic mass is 10.1. The molecule has 1 amide bonds. The van der Waals surface area contributed by atoms with Gasteiger partial charge in [0.05, 0.1) is 12.7 Å². The highest BCUT2D eigenvalue weighted by molar-refractivity contribution is 6.06. The van der Waals surface area contributed by atoms with Crippen molar-refractivity contribution in [3.05, 3.63) is 83.6 Å². The molecule has 1 N–H and O–H groups in total. The van der Waals surface area contributed by atoms with Crippen LogP contribution in [0.3, 0.4) is 0 Å². The number of nitrogens with zero attached hydrogens (tertiary/aromatic N) is 2. The van der Waals surface area contributed by atoms with Crippen molar-refractivity contribution in [2.75, 3.05) is 23.9 Å². The van der Waals surface area contributed by atoms with E-state index in [0.717, 1.165) is 16.9 Å². The average molecular weight is 389 g/mol. The van der Waals surface area contributed by atoms with Gasteiger partial charge in [-0.3, -0.25) is 4.79 Å². The summed E-state index contributed by atoms with van der Waals surface area (Å²) in [7, 11) is 1.34. The third kappa shape index (κ3) is 4.79. The second-order valence-electron chi connectivity index (χ2n) is 6.51. The number of esters is 1. The molecule has 3 aromatic rings. The first-order chi connectivity index (χ1) is 14.0. The quantitative estimate of drug-likeness (QED) is 0.625. The number of aryl methyl sites for hydroxylation is 1. The molecule has 0 unspecified atom stereocenters. The van der Waals surface area contributed by atoms with Crippen molar-refractivity contribution in [3.8, 4) is 0 Å². The van der Waals surface area contributed by atoms with E-state index < -0.39 is 5.97 Å². The molecule has 0 aliphatic carbocycles. The van der Waals surface area contributed by atoms with Crippen LogP contribution in [0.2, 0.25) is 0 Å². The number of aromatic nitrogens is 1. The summed E-state index contributed by atoms with van der Waals surface area (Å²) in [6.45, 7) is 4.51. The van der Waals surface area contributed by atoms with E-state index >= 15 is 0 Å². The molecule has 29 heavy (non-hydrogen) atoms. The van der Waals surface area contributed by atoms with Crippen molar-refractivity contribution in [2.24, 2.45) is 0 Å². The van der Waals surface area contributed by atoms with Crippen molar-refractivity contribution in [2.45, 2.75) is 13.8 Å². The Morgan fingerprint density at radius 3 is 2.45 bits per heavy atom. The topological polar surface area (TPSA) is 71.5 Å². The molecule has 148 valence electrons. The molecule has 6 heteroatoms. The molecule has 0 fully saturated rings. The van der Waals surface area contributed by atoms with Gasteiger partial charge in [-0.2, -0.15) is 0 Å². The van der Waals surface area contributed by atoms with Gasteiger partial charge in [-0.1, -0.05) is 12.1 Å². The van der Waals surface area contributed by atoms with Crippen LogP contribution in [-0.4, -0.2) is 30.5 Å². The first-order valence-corrected chi connectivity index (χ1v) is 9.32. The number of benzene rings is 2. The second-order valence-corrected chi connectivity index (χ2v) is 6.51. The second kappa shape index (κ2) is 9.01. The molecule has 2 aromatic carbocycles. The largest absolute Gasteiger partial charge is 0.465 e. The molecule has 0 aliphatic rings. The lowest BCUT2D eigenvalue weighted by Crippen LogP contribution is -2.30. The Hall–Kier alpha value is -3.67. The van der Waals surface area contributed by atoms with Gasteiger partial charge >= 0.3 is 5.97 Å². The third-order valence-electron chi connectivity index (χ3n) is 4.46. The van der Waals surface area contributed by atoms with Crippen molar-refractivity contribution >= 4 is 29.1 Å². The van der Waals surface area contributed by atoms with Gasteiger partial charge in [0.1, 0.15) is 5.82 Å². The molecule has 1 heterocycles. The molecule has 0 radical (unpaired) electrons. The Morgan fingerprint density at radius 1 is 1.03 bits per heavy atom. The van der Waals surface area contributed by atoms with Gasteiger partial charge in [-0.25, -0.2) is 9.78 Å². The summed E-state index contributed by atoms with van der Waals surface area (Å²) in [5.74, 6) is 0.0598. The average Bonchev–Trinajstić information content (AvgIpc) is 2.74. The molecule has 0 spiro atoms. The fourth-order valence-electron chi connectivity index (χ4n) is 2.98. The van der Waals surface area contributed by atoms with Gasteiger partial charge < -0.3 is 15.0 Å². The van der Waals surface area contributed by atoms with Crippen LogP contribution >= 0.6 is 0 Å². The van der Waals surface area contributed by atoms with Gasteiger partial charge in [0.15, 0.2) is 0 Å². The van der Waals surface area contributed by atoms with E-state index in [2.05, 4.69) is 10.3 Å². The number of nitrogens with one attached hydrogen (secondary N) is 1. The van der Waals surface area contributed by atoms with Crippen LogP contribution < -0.4 is 10.2 Å². The van der Waals surface area contributed by atoms with Crippen LogP contribution in [0.15, 0.2) is 66.9 Å². The molecular formula is C23H23N3O3. The number of carbonyl (C=O) groups excluding carboxylic acids is 2. The van der Waals surface area contributed by atoms with Crippen molar-refractivity contribution in [1.82, 2.24) is 4.98 Å². The molecule has 0 saturated heterocycles. The summed E-state index contributed by atoms with van der Waals surface area (Å²) < 4.78 is 4.70. The summed E-state index contributed by atoms with van der Waals surface area (Å²) in [4.78, 5) is 30.6. The fraction of sp³-hybridized carbons (Fsp3) is 0.174. The first-order valence-electron chi connectivity index (χ1n) is 9.32. The standard InChI is InChI=1S/C23H23N3O3/c1-4-26(20-7-5-6-16(2)14-20)22(27)18-12-13-24-21(15-18)25-19-10-8-17(9-11-19)23(28)29-3/h5-15H,4H2,1-3H3,(H,24,25). The zero-order chi connectivity index (χ0) is 20.8. The Bertz CT molecular complexity index is 1020. The predicted molar refractivity (Wildman–Crippen MR) is 114 cm³/mol. The SMILES string of the molecule is CCN(C(=O)c1ccnc(Nc2ccc(C(=O)OC)cc2)c1)c1cccc(C)c1. The smallest absolute Gasteiger partial charge is 0.337 e. The Balaban J connectivity index is 1.79. The maximum absolute atomic E-state index is 13.1. The van der Waals surface area contributed by atoms with E-state index in [9.17, 15) is 9.59 Å². The van der Waals surface area contributed by atoms with Crippen LogP contribution in [-0.2, 0) is 4.74 Å². The number of anilines is 3. The van der Waals surface area contributed by atoms with Gasteiger partial charge in [-0.05, 0) is 67.9 Å². The fourth-order valence-corrected chi connectivity index (χ4v) is 2.98. The Kier molecular flexibility index (Phi) is 6.24. The highest BCUT2D eigenvalue weighted by Gasteiger charge is 2.17. The van der Waals surface area contributed by atoms with Crippen molar-refractivity contribution < 1.29 is 14.3 Å². The number of ether oxygens (including phenoxy) is 1. The minimum atomic E-state index is -0.391. The number of hydrogen-bond acceptors (Lipinski definition) is 5. The van der Waals surface area contributed by atoms with Gasteiger partial charge in [0.2, 0.25) is 0 Å². The van der Waals surface area contributed by atoms with Crippen LogP contribution in [0.4, 0.5) is 17.2 Å². The number of carbonyl (C=O) groups is 2. The van der Waals surface area contributed by atoms with Crippen LogP contribution in [0, 0.1) is 6.92 Å². The molecule has 0 aliphatic heterocycles. The summed E-state index contributed by atoms with van der Waals surface area (Å²) in [5.41, 5.74) is 3.72. The molecule has 0 bridgehead atoms. The van der Waals surface area contributed by atoms with Crippen LogP contribution in [0.1, 0.15) is 33.2 Å². The van der Waals surface area contributed by atoms with Crippen LogP contribution in [0.5, 0.6) is 0 Å². The normalized spacial score (nSPS) is 10.3. The molecule has 1 aromatic heterocycles. The Morgan fingerprint density at radius 2 is 1.79 bits per heavy atom. The monoisotopic (exact) mass is 389 g/mol. The Labute approximate surface area is 170 Å². The lowest BCUT2D eigenvalue weighted by Gasteiger charge is -2.21. The number of methoxy groups -OCH3 is 1. The zero-order valence-electron chi connectivity index (χ0n) is 16.7. The third-order valence-corrected chi connectivity index (χ3v) is 4.46. The zero-order valence-corrected chi connectivity index (χ0v) is 16.7. The number of rotatable bonds is 6. The summed E-state index contributed by atoms with van der Waals surface area (Å²) in [6, 6.07) is 18.1. The molecule has 6 nitrogen and oxygen atoms in total. The van der Waals surface area contributed by atoms with Crippen LogP contribution in [0.25, 0.3) is 0 Å². The van der Waals surface area contributed by atoms with Gasteiger partial charge in [0, 0.05) is 29.7 Å². The van der Waals surface area contributed by atoms with Gasteiger partial charge in [0.25, 0.3) is 5.91 Å². The van der Waals surface area contributed by atoms with Crippen molar-refractivity contribution in [1.29, 1.82) is 0 Å². The summed E-state index contributed by atoms with van der Waals surface area (Å²) in [5, 5.41) is 3.16. The van der Waals surface area contributed by atoms with E-state index in [-0.39, 0.29) is 5.91 Å². The minimum Gasteiger partial charge on any atom is -0.465 e. The highest BCUT2D eigenvalue weighted by atomic mass is 16.5. The van der Waals surface area contributed by atoms with Gasteiger partial charge in [-0.15, -0.1) is 0 Å². The summed E-state index contributed by atoms with van der Waals surface area (Å²) >= 11 is 0. The van der Waals surface area contributed by atoms with E-state index in [1.807, 2.05) is 38.1 Å². The molecule has 3 rings (SSSR count). The van der Waals surface area contributed by atoms with E-state index in [0.29, 0.717) is 23.5 Å². The van der Waals surface area contributed by atoms with E-state index in [4.69, 9.17) is 4.74 Å². The molecule has 0 saturated carbocycles. The maximum Gasteiger partial charge on any atom is 0.337 e. The van der Waals surface area contributed by atoms with Crippen molar-refractivity contribution in [3.63, 3.8) is 0 Å². The first kappa shape index (κ1) is 20.1. The summed E-state index contributed by atoms with van der Waals surface area (Å²) in [6.07, 6.45) is 1.60. The molecular weight excluding hydrogens is 366 g/mol. The number of hydrogen-bond donors (Lipinski definition) is 1. The van der Waals surface area contributed by atoms with E-state index in [1.54, 1.807) is 47.5 Å². The maximum atomic E-state index is 13.1. The number of pyridine rings is 1. The van der Waals surface area contributed by atoms with E-state index in [1.165, 1.54) is 7.11 Å². The highest BCUT2D eigenvalue weighted by Crippen LogP contribution is 2.21. The number of amides is 1.